The Bertz CT molecular complexity index is 260. The van der Waals surface area contributed by atoms with Crippen LogP contribution in [0.2, 0.25) is 0 Å². The van der Waals surface area contributed by atoms with Gasteiger partial charge in [-0.3, -0.25) is 4.55 Å². The summed E-state index contributed by atoms with van der Waals surface area (Å²) >= 11 is 0. The Balaban J connectivity index is 2.45. The molecule has 0 atom stereocenters. The van der Waals surface area contributed by atoms with Crippen LogP contribution >= 0.6 is 0 Å². The third kappa shape index (κ3) is 3.85. The van der Waals surface area contributed by atoms with E-state index in [9.17, 15) is 8.42 Å². The van der Waals surface area contributed by atoms with E-state index in [0.717, 1.165) is 31.5 Å². The summed E-state index contributed by atoms with van der Waals surface area (Å²) < 4.78 is 29.2. The molecule has 12 heavy (non-hydrogen) atoms. The second-order valence-corrected chi connectivity index (χ2v) is 4.36. The maximum atomic E-state index is 10.4. The van der Waals surface area contributed by atoms with Crippen molar-refractivity contribution in [2.75, 3.05) is 18.8 Å². The summed E-state index contributed by atoms with van der Waals surface area (Å²) in [7, 11) is -3.82. The predicted molar refractivity (Wildman–Crippen MR) is 46.6 cm³/mol. The van der Waals surface area contributed by atoms with Gasteiger partial charge in [-0.2, -0.15) is 8.42 Å². The normalized spacial score (nSPS) is 19.2. The zero-order valence-corrected chi connectivity index (χ0v) is 7.60. The number of hydrogen-bond acceptors (Lipinski definition) is 3. The van der Waals surface area contributed by atoms with Gasteiger partial charge in [-0.05, 0) is 25.9 Å². The zero-order valence-electron chi connectivity index (χ0n) is 6.78. The third-order valence-corrected chi connectivity index (χ3v) is 2.42. The van der Waals surface area contributed by atoms with E-state index in [1.54, 1.807) is 6.08 Å². The highest BCUT2D eigenvalue weighted by molar-refractivity contribution is 7.85. The first-order chi connectivity index (χ1) is 5.58. The van der Waals surface area contributed by atoms with E-state index < -0.39 is 10.1 Å². The van der Waals surface area contributed by atoms with E-state index in [4.69, 9.17) is 4.55 Å². The Kier molecular flexibility index (Phi) is 3.25. The van der Waals surface area contributed by atoms with Crippen LogP contribution in [0.4, 0.5) is 0 Å². The van der Waals surface area contributed by atoms with Crippen molar-refractivity contribution in [3.8, 4) is 0 Å². The quantitative estimate of drug-likeness (QED) is 0.483. The molecule has 0 amide bonds. The molecule has 1 heterocycles. The smallest absolute Gasteiger partial charge is 0.268 e. The average molecular weight is 191 g/mol. The summed E-state index contributed by atoms with van der Waals surface area (Å²) in [4.78, 5) is 0. The molecule has 1 aliphatic rings. The van der Waals surface area contributed by atoms with Gasteiger partial charge in [0.1, 0.15) is 0 Å². The topological polar surface area (TPSA) is 66.4 Å². The van der Waals surface area contributed by atoms with Crippen LogP contribution in [0.3, 0.4) is 0 Å². The fourth-order valence-corrected chi connectivity index (χ4v) is 1.62. The molecule has 0 aromatic rings. The molecule has 0 saturated carbocycles. The van der Waals surface area contributed by atoms with E-state index in [1.165, 1.54) is 0 Å². The van der Waals surface area contributed by atoms with Crippen LogP contribution in [0.15, 0.2) is 11.6 Å². The van der Waals surface area contributed by atoms with E-state index in [-0.39, 0.29) is 5.75 Å². The van der Waals surface area contributed by atoms with Gasteiger partial charge in [0.25, 0.3) is 10.1 Å². The lowest BCUT2D eigenvalue weighted by Gasteiger charge is -2.14. The Morgan fingerprint density at radius 1 is 1.42 bits per heavy atom. The van der Waals surface area contributed by atoms with Gasteiger partial charge in [0.05, 0.1) is 5.75 Å². The van der Waals surface area contributed by atoms with Crippen molar-refractivity contribution < 1.29 is 13.0 Å². The van der Waals surface area contributed by atoms with Gasteiger partial charge in [0.2, 0.25) is 0 Å². The maximum absolute atomic E-state index is 10.4. The second kappa shape index (κ2) is 4.02. The van der Waals surface area contributed by atoms with E-state index in [2.05, 4.69) is 5.32 Å². The Hall–Kier alpha value is -0.390. The number of nitrogens with one attached hydrogen (secondary N) is 1. The van der Waals surface area contributed by atoms with Crippen molar-refractivity contribution >= 4 is 10.1 Å². The summed E-state index contributed by atoms with van der Waals surface area (Å²) in [5.74, 6) is -0.248. The van der Waals surface area contributed by atoms with Crippen LogP contribution in [-0.4, -0.2) is 31.8 Å². The van der Waals surface area contributed by atoms with Crippen molar-refractivity contribution in [3.05, 3.63) is 11.6 Å². The molecule has 0 radical (unpaired) electrons. The molecule has 70 valence electrons. The van der Waals surface area contributed by atoms with E-state index in [0.29, 0.717) is 0 Å². The molecule has 0 spiro atoms. The van der Waals surface area contributed by atoms with Crippen molar-refractivity contribution in [1.82, 2.24) is 5.32 Å². The van der Waals surface area contributed by atoms with Crippen LogP contribution in [0.5, 0.6) is 0 Å². The second-order valence-electron chi connectivity index (χ2n) is 2.86. The van der Waals surface area contributed by atoms with Crippen LogP contribution in [0.25, 0.3) is 0 Å². The summed E-state index contributed by atoms with van der Waals surface area (Å²) in [6, 6.07) is 0. The van der Waals surface area contributed by atoms with Crippen molar-refractivity contribution in [2.45, 2.75) is 12.8 Å². The minimum absolute atomic E-state index is 0.248. The lowest BCUT2D eigenvalue weighted by molar-refractivity contribution is 0.486. The largest absolute Gasteiger partial charge is 0.316 e. The lowest BCUT2D eigenvalue weighted by Crippen LogP contribution is -2.23. The summed E-state index contributed by atoms with van der Waals surface area (Å²) in [6.45, 7) is 1.80. The monoisotopic (exact) mass is 191 g/mol. The Morgan fingerprint density at radius 2 is 2.00 bits per heavy atom. The minimum Gasteiger partial charge on any atom is -0.316 e. The first-order valence-electron chi connectivity index (χ1n) is 3.92. The molecule has 0 aromatic carbocycles. The average Bonchev–Trinajstić information content (AvgIpc) is 2.02. The van der Waals surface area contributed by atoms with Gasteiger partial charge < -0.3 is 5.32 Å². The Labute approximate surface area is 72.4 Å². The molecule has 1 rings (SSSR count). The first-order valence-corrected chi connectivity index (χ1v) is 5.52. The molecule has 1 aliphatic heterocycles. The molecule has 0 aromatic heterocycles. The molecule has 4 nitrogen and oxygen atoms in total. The molecule has 0 bridgehead atoms. The van der Waals surface area contributed by atoms with E-state index in [1.807, 2.05) is 0 Å². The lowest BCUT2D eigenvalue weighted by atomic mass is 10.1. The molecule has 2 N–H and O–H groups in total. The molecular weight excluding hydrogens is 178 g/mol. The summed E-state index contributed by atoms with van der Waals surface area (Å²) in [5, 5.41) is 3.16. The molecular formula is C7H13NO3S. The minimum atomic E-state index is -3.82. The van der Waals surface area contributed by atoms with Gasteiger partial charge in [0.15, 0.2) is 0 Å². The molecule has 5 heteroatoms. The van der Waals surface area contributed by atoms with Crippen molar-refractivity contribution in [1.29, 1.82) is 0 Å². The SMILES string of the molecule is O=S(=O)(O)CC=C1CCNCC1. The molecule has 0 aliphatic carbocycles. The van der Waals surface area contributed by atoms with Gasteiger partial charge in [-0.1, -0.05) is 11.6 Å². The van der Waals surface area contributed by atoms with Gasteiger partial charge in [-0.15, -0.1) is 0 Å². The van der Waals surface area contributed by atoms with Crippen molar-refractivity contribution in [2.24, 2.45) is 0 Å². The third-order valence-electron chi connectivity index (χ3n) is 1.83. The van der Waals surface area contributed by atoms with Crippen LogP contribution in [-0.2, 0) is 10.1 Å². The summed E-state index contributed by atoms with van der Waals surface area (Å²) in [6.07, 6.45) is 3.38. The number of piperidine rings is 1. The van der Waals surface area contributed by atoms with E-state index >= 15 is 0 Å². The number of rotatable bonds is 2. The van der Waals surface area contributed by atoms with Crippen LogP contribution in [0, 0.1) is 0 Å². The maximum Gasteiger partial charge on any atom is 0.268 e. The van der Waals surface area contributed by atoms with Crippen LogP contribution in [0.1, 0.15) is 12.8 Å². The predicted octanol–water partition coefficient (Wildman–Crippen LogP) is 0.184. The molecule has 1 fully saturated rings. The zero-order chi connectivity index (χ0) is 9.03. The van der Waals surface area contributed by atoms with Crippen LogP contribution < -0.4 is 5.32 Å². The number of hydrogen-bond donors (Lipinski definition) is 2. The molecule has 1 saturated heterocycles. The highest BCUT2D eigenvalue weighted by Gasteiger charge is 2.06. The molecule has 0 unspecified atom stereocenters. The van der Waals surface area contributed by atoms with Crippen molar-refractivity contribution in [3.63, 3.8) is 0 Å². The van der Waals surface area contributed by atoms with Gasteiger partial charge >= 0.3 is 0 Å². The standard InChI is InChI=1S/C7H13NO3S/c9-12(10,11)6-3-7-1-4-8-5-2-7/h3,8H,1-2,4-6H2,(H,9,10,11). The Morgan fingerprint density at radius 3 is 2.50 bits per heavy atom. The highest BCUT2D eigenvalue weighted by Crippen LogP contribution is 2.09. The van der Waals surface area contributed by atoms with Gasteiger partial charge in [-0.25, -0.2) is 0 Å². The van der Waals surface area contributed by atoms with Gasteiger partial charge in [0, 0.05) is 0 Å². The highest BCUT2D eigenvalue weighted by atomic mass is 32.2. The first kappa shape index (κ1) is 9.70. The fourth-order valence-electron chi connectivity index (χ4n) is 1.18. The fraction of sp³-hybridized carbons (Fsp3) is 0.714. The summed E-state index contributed by atoms with van der Waals surface area (Å²) in [5.41, 5.74) is 1.12.